The Morgan fingerprint density at radius 2 is 2.05 bits per heavy atom. The molecule has 3 rings (SSSR count). The van der Waals surface area contributed by atoms with Gasteiger partial charge in [-0.1, -0.05) is 0 Å². The number of alkyl halides is 2. The molecule has 1 aliphatic carbocycles. The fourth-order valence-corrected chi connectivity index (χ4v) is 3.51. The zero-order valence-corrected chi connectivity index (χ0v) is 11.5. The SMILES string of the molecule is NC1CCCc2nc(-c3ccc(OC(F)F)cc3)sc21. The molecule has 6 heteroatoms. The number of halogens is 2. The maximum atomic E-state index is 12.1. The number of ether oxygens (including phenoxy) is 1. The molecule has 0 fully saturated rings. The summed E-state index contributed by atoms with van der Waals surface area (Å²) in [6, 6.07) is 6.62. The number of nitrogens with two attached hydrogens (primary N) is 1. The zero-order chi connectivity index (χ0) is 14.1. The van der Waals surface area contributed by atoms with Crippen molar-refractivity contribution in [2.45, 2.75) is 31.9 Å². The smallest absolute Gasteiger partial charge is 0.387 e. The van der Waals surface area contributed by atoms with Gasteiger partial charge in [0.05, 0.1) is 5.69 Å². The van der Waals surface area contributed by atoms with Crippen LogP contribution in [0.5, 0.6) is 5.75 Å². The summed E-state index contributed by atoms with van der Waals surface area (Å²) >= 11 is 1.59. The number of fused-ring (bicyclic) bond motifs is 1. The summed E-state index contributed by atoms with van der Waals surface area (Å²) in [4.78, 5) is 5.76. The molecule has 1 aromatic heterocycles. The van der Waals surface area contributed by atoms with Crippen molar-refractivity contribution < 1.29 is 13.5 Å². The van der Waals surface area contributed by atoms with Crippen LogP contribution in [0.25, 0.3) is 10.6 Å². The lowest BCUT2D eigenvalue weighted by molar-refractivity contribution is -0.0498. The average molecular weight is 296 g/mol. The third-order valence-electron chi connectivity index (χ3n) is 3.32. The van der Waals surface area contributed by atoms with Crippen LogP contribution in [-0.4, -0.2) is 11.6 Å². The van der Waals surface area contributed by atoms with Gasteiger partial charge in [-0.05, 0) is 43.5 Å². The van der Waals surface area contributed by atoms with Crippen molar-refractivity contribution in [1.29, 1.82) is 0 Å². The van der Waals surface area contributed by atoms with Crippen molar-refractivity contribution in [3.05, 3.63) is 34.8 Å². The fourth-order valence-electron chi connectivity index (χ4n) is 2.36. The minimum Gasteiger partial charge on any atom is -0.435 e. The standard InChI is InChI=1S/C14H14F2N2OS/c15-14(16)19-9-6-4-8(5-7-9)13-18-11-3-1-2-10(17)12(11)20-13/h4-7,10,14H,1-3,17H2. The monoisotopic (exact) mass is 296 g/mol. The van der Waals surface area contributed by atoms with E-state index >= 15 is 0 Å². The molecule has 1 atom stereocenters. The minimum absolute atomic E-state index is 0.0754. The summed E-state index contributed by atoms with van der Waals surface area (Å²) in [6.07, 6.45) is 3.03. The molecule has 1 unspecified atom stereocenters. The number of rotatable bonds is 3. The second-order valence-electron chi connectivity index (χ2n) is 4.73. The number of nitrogens with zero attached hydrogens (tertiary/aromatic N) is 1. The Balaban J connectivity index is 1.86. The van der Waals surface area contributed by atoms with E-state index in [0.717, 1.165) is 40.4 Å². The van der Waals surface area contributed by atoms with Gasteiger partial charge in [0.2, 0.25) is 0 Å². The van der Waals surface area contributed by atoms with Crippen LogP contribution in [0.15, 0.2) is 24.3 Å². The lowest BCUT2D eigenvalue weighted by Crippen LogP contribution is -2.15. The molecule has 0 spiro atoms. The second kappa shape index (κ2) is 5.46. The van der Waals surface area contributed by atoms with Crippen LogP contribution in [0.3, 0.4) is 0 Å². The molecule has 1 heterocycles. The van der Waals surface area contributed by atoms with Crippen LogP contribution in [0.4, 0.5) is 8.78 Å². The molecule has 20 heavy (non-hydrogen) atoms. The van der Waals surface area contributed by atoms with Gasteiger partial charge in [0, 0.05) is 16.5 Å². The number of hydrogen-bond acceptors (Lipinski definition) is 4. The van der Waals surface area contributed by atoms with Gasteiger partial charge in [-0.3, -0.25) is 0 Å². The molecule has 3 nitrogen and oxygen atoms in total. The first kappa shape index (κ1) is 13.5. The van der Waals surface area contributed by atoms with E-state index < -0.39 is 6.61 Å². The Kier molecular flexibility index (Phi) is 3.67. The van der Waals surface area contributed by atoms with Crippen molar-refractivity contribution >= 4 is 11.3 Å². The Morgan fingerprint density at radius 1 is 1.30 bits per heavy atom. The normalized spacial score (nSPS) is 18.1. The molecule has 0 saturated carbocycles. The highest BCUT2D eigenvalue weighted by atomic mass is 32.1. The fraction of sp³-hybridized carbons (Fsp3) is 0.357. The van der Waals surface area contributed by atoms with Crippen molar-refractivity contribution in [3.8, 4) is 16.3 Å². The van der Waals surface area contributed by atoms with Crippen LogP contribution in [0.2, 0.25) is 0 Å². The number of aryl methyl sites for hydroxylation is 1. The molecule has 0 bridgehead atoms. The molecule has 2 N–H and O–H groups in total. The maximum absolute atomic E-state index is 12.1. The largest absolute Gasteiger partial charge is 0.435 e. The van der Waals surface area contributed by atoms with Gasteiger partial charge in [-0.25, -0.2) is 4.98 Å². The predicted molar refractivity (Wildman–Crippen MR) is 74.0 cm³/mol. The van der Waals surface area contributed by atoms with E-state index in [1.807, 2.05) is 0 Å². The van der Waals surface area contributed by atoms with Crippen LogP contribution in [-0.2, 0) is 6.42 Å². The Bertz CT molecular complexity index is 598. The molecule has 2 aromatic rings. The van der Waals surface area contributed by atoms with E-state index in [0.29, 0.717) is 0 Å². The molecule has 0 radical (unpaired) electrons. The Labute approximate surface area is 119 Å². The summed E-state index contributed by atoms with van der Waals surface area (Å²) in [7, 11) is 0. The van der Waals surface area contributed by atoms with Gasteiger partial charge in [-0.15, -0.1) is 11.3 Å². The average Bonchev–Trinajstić information content (AvgIpc) is 2.84. The van der Waals surface area contributed by atoms with E-state index in [-0.39, 0.29) is 11.8 Å². The highest BCUT2D eigenvalue weighted by molar-refractivity contribution is 7.15. The highest BCUT2D eigenvalue weighted by Crippen LogP contribution is 2.37. The van der Waals surface area contributed by atoms with E-state index in [2.05, 4.69) is 9.72 Å². The summed E-state index contributed by atoms with van der Waals surface area (Å²) in [5.41, 5.74) is 8.07. The van der Waals surface area contributed by atoms with Crippen molar-refractivity contribution in [2.24, 2.45) is 5.73 Å². The first-order valence-electron chi connectivity index (χ1n) is 6.44. The van der Waals surface area contributed by atoms with Crippen molar-refractivity contribution in [1.82, 2.24) is 4.98 Å². The van der Waals surface area contributed by atoms with Crippen molar-refractivity contribution in [2.75, 3.05) is 0 Å². The molecule has 1 aliphatic rings. The second-order valence-corrected chi connectivity index (χ2v) is 5.76. The van der Waals surface area contributed by atoms with Gasteiger partial charge < -0.3 is 10.5 Å². The van der Waals surface area contributed by atoms with E-state index in [4.69, 9.17) is 5.73 Å². The summed E-state index contributed by atoms with van der Waals surface area (Å²) in [5.74, 6) is 0.154. The molecular weight excluding hydrogens is 282 g/mol. The molecular formula is C14H14F2N2OS. The van der Waals surface area contributed by atoms with Gasteiger partial charge >= 0.3 is 6.61 Å². The Hall–Kier alpha value is -1.53. The van der Waals surface area contributed by atoms with Crippen LogP contribution in [0.1, 0.15) is 29.5 Å². The quantitative estimate of drug-likeness (QED) is 0.938. The van der Waals surface area contributed by atoms with E-state index in [1.54, 1.807) is 23.5 Å². The van der Waals surface area contributed by atoms with Crippen molar-refractivity contribution in [3.63, 3.8) is 0 Å². The van der Waals surface area contributed by atoms with E-state index in [1.165, 1.54) is 12.1 Å². The Morgan fingerprint density at radius 3 is 2.70 bits per heavy atom. The zero-order valence-electron chi connectivity index (χ0n) is 10.7. The molecule has 0 aliphatic heterocycles. The lowest BCUT2D eigenvalue weighted by Gasteiger charge is -2.15. The predicted octanol–water partition coefficient (Wildman–Crippen LogP) is 3.75. The maximum Gasteiger partial charge on any atom is 0.387 e. The first-order chi connectivity index (χ1) is 9.63. The summed E-state index contributed by atoms with van der Waals surface area (Å²) in [6.45, 7) is -2.80. The van der Waals surface area contributed by atoms with Gasteiger partial charge in [0.15, 0.2) is 0 Å². The topological polar surface area (TPSA) is 48.1 Å². The number of benzene rings is 1. The molecule has 106 valence electrons. The summed E-state index contributed by atoms with van der Waals surface area (Å²) < 4.78 is 28.5. The minimum atomic E-state index is -2.80. The number of aromatic nitrogens is 1. The van der Waals surface area contributed by atoms with Gasteiger partial charge in [0.25, 0.3) is 0 Å². The van der Waals surface area contributed by atoms with Crippen LogP contribution < -0.4 is 10.5 Å². The lowest BCUT2D eigenvalue weighted by atomic mass is 9.99. The number of hydrogen-bond donors (Lipinski definition) is 1. The highest BCUT2D eigenvalue weighted by Gasteiger charge is 2.22. The van der Waals surface area contributed by atoms with E-state index in [9.17, 15) is 8.78 Å². The van der Waals surface area contributed by atoms with Gasteiger partial charge in [-0.2, -0.15) is 8.78 Å². The summed E-state index contributed by atoms with van der Waals surface area (Å²) in [5, 5.41) is 0.885. The molecule has 0 saturated heterocycles. The first-order valence-corrected chi connectivity index (χ1v) is 7.25. The van der Waals surface area contributed by atoms with Gasteiger partial charge in [0.1, 0.15) is 10.8 Å². The molecule has 0 amide bonds. The third kappa shape index (κ3) is 2.66. The molecule has 1 aromatic carbocycles. The van der Waals surface area contributed by atoms with Crippen LogP contribution in [0, 0.1) is 0 Å². The van der Waals surface area contributed by atoms with Crippen LogP contribution >= 0.6 is 11.3 Å². The third-order valence-corrected chi connectivity index (χ3v) is 4.60. The number of thiazole rings is 1.